The molecule has 1 aromatic heterocycles. The molecular formula is C18H25N5O5. The number of carbonyl (C=O) groups excluding carboxylic acids is 1. The number of nitriles is 1. The van der Waals surface area contributed by atoms with Gasteiger partial charge in [-0.15, -0.1) is 0 Å². The predicted molar refractivity (Wildman–Crippen MR) is 99.5 cm³/mol. The van der Waals surface area contributed by atoms with Gasteiger partial charge in [0.25, 0.3) is 0 Å². The second-order valence-corrected chi connectivity index (χ2v) is 6.48. The van der Waals surface area contributed by atoms with Crippen LogP contribution >= 0.6 is 0 Å². The van der Waals surface area contributed by atoms with Crippen LogP contribution in [0.2, 0.25) is 0 Å². The van der Waals surface area contributed by atoms with Gasteiger partial charge in [0.15, 0.2) is 6.10 Å². The maximum Gasteiger partial charge on any atom is 0.309 e. The Kier molecular flexibility index (Phi) is 6.90. The van der Waals surface area contributed by atoms with Crippen molar-refractivity contribution in [2.24, 2.45) is 16.6 Å². The minimum atomic E-state index is -1.89. The molecule has 0 bridgehead atoms. The van der Waals surface area contributed by atoms with Gasteiger partial charge in [0, 0.05) is 0 Å². The monoisotopic (exact) mass is 391 g/mol. The second-order valence-electron chi connectivity index (χ2n) is 6.48. The average Bonchev–Trinajstić information content (AvgIpc) is 3.28. The van der Waals surface area contributed by atoms with E-state index in [0.717, 1.165) is 6.34 Å². The lowest BCUT2D eigenvalue weighted by Gasteiger charge is -2.25. The van der Waals surface area contributed by atoms with Crippen molar-refractivity contribution in [2.45, 2.75) is 50.6 Å². The highest BCUT2D eigenvalue weighted by Crippen LogP contribution is 2.40. The Balaban J connectivity index is 2.36. The largest absolute Gasteiger partial charge is 0.456 e. The van der Waals surface area contributed by atoms with E-state index < -0.39 is 36.5 Å². The molecular weight excluding hydrogens is 366 g/mol. The molecule has 6 N–H and O–H groups in total. The summed E-state index contributed by atoms with van der Waals surface area (Å²) in [4.78, 5) is 18.8. The summed E-state index contributed by atoms with van der Waals surface area (Å²) in [6.07, 6.45) is -1.92. The van der Waals surface area contributed by atoms with Gasteiger partial charge in [-0.2, -0.15) is 5.26 Å². The van der Waals surface area contributed by atoms with E-state index in [4.69, 9.17) is 20.6 Å². The molecule has 0 spiro atoms. The van der Waals surface area contributed by atoms with Gasteiger partial charge in [0.2, 0.25) is 5.60 Å². The van der Waals surface area contributed by atoms with Gasteiger partial charge < -0.3 is 30.4 Å². The number of carbonyl (C=O) groups is 1. The van der Waals surface area contributed by atoms with Crippen molar-refractivity contribution >= 4 is 18.1 Å². The second kappa shape index (κ2) is 8.97. The van der Waals surface area contributed by atoms with Gasteiger partial charge in [-0.3, -0.25) is 10.2 Å². The first kappa shape index (κ1) is 21.6. The number of aliphatic hydroxyl groups is 2. The summed E-state index contributed by atoms with van der Waals surface area (Å²) >= 11 is 0. The summed E-state index contributed by atoms with van der Waals surface area (Å²) in [6, 6.07) is 4.92. The summed E-state index contributed by atoms with van der Waals surface area (Å²) in [5.74, 6) is -0.852. The Morgan fingerprint density at radius 3 is 2.79 bits per heavy atom. The number of hydrogen-bond acceptors (Lipinski definition) is 7. The fourth-order valence-corrected chi connectivity index (χ4v) is 3.22. The minimum Gasteiger partial charge on any atom is -0.456 e. The number of esters is 1. The Morgan fingerprint density at radius 2 is 2.25 bits per heavy atom. The fraction of sp³-hybridized carbons (Fsp3) is 0.556. The van der Waals surface area contributed by atoms with E-state index in [1.54, 1.807) is 0 Å². The van der Waals surface area contributed by atoms with Gasteiger partial charge in [-0.25, -0.2) is 4.99 Å². The zero-order valence-electron chi connectivity index (χ0n) is 15.8. The van der Waals surface area contributed by atoms with Gasteiger partial charge in [-0.1, -0.05) is 13.8 Å². The molecule has 10 nitrogen and oxygen atoms in total. The zero-order valence-corrected chi connectivity index (χ0v) is 15.8. The molecule has 2 rings (SSSR count). The fourth-order valence-electron chi connectivity index (χ4n) is 3.22. The first-order valence-electron chi connectivity index (χ1n) is 8.98. The van der Waals surface area contributed by atoms with Crippen LogP contribution in [0.5, 0.6) is 0 Å². The molecule has 0 amide bonds. The topological polar surface area (TPSA) is 178 Å². The summed E-state index contributed by atoms with van der Waals surface area (Å²) < 4.78 is 11.1. The maximum absolute atomic E-state index is 12.4. The van der Waals surface area contributed by atoms with E-state index in [9.17, 15) is 20.3 Å². The lowest BCUT2D eigenvalue weighted by molar-refractivity contribution is -0.161. The lowest BCUT2D eigenvalue weighted by atomic mass is 9.92. The third-order valence-corrected chi connectivity index (χ3v) is 4.91. The Hall–Kier alpha value is -2.74. The highest BCUT2D eigenvalue weighted by molar-refractivity contribution is 5.99. The maximum atomic E-state index is 12.4. The normalized spacial score (nSPS) is 27.6. The lowest BCUT2D eigenvalue weighted by Crippen LogP contribution is -2.43. The standard InChI is InChI=1S/C18H25N5O5/c1-3-10(4-2)17(26)27-14-12(7-24)28-18(8-19,15(14)25)13-6-5-11(23-13)16(21)22-9-20/h5-6,9-10,12,14-15,23-25H,3-4,7H2,1-2H3,(H3,20,21,22)/t12-,14-,15-,18+/m1/s1. The molecule has 1 aromatic rings. The van der Waals surface area contributed by atoms with Gasteiger partial charge in [0.05, 0.1) is 23.9 Å². The van der Waals surface area contributed by atoms with E-state index in [1.807, 2.05) is 19.9 Å². The first-order chi connectivity index (χ1) is 13.4. The number of nitrogens with one attached hydrogen (secondary N) is 2. The number of hydrogen-bond donors (Lipinski definition) is 5. The zero-order chi connectivity index (χ0) is 20.9. The Bertz CT molecular complexity index is 782. The molecule has 1 fully saturated rings. The van der Waals surface area contributed by atoms with Crippen molar-refractivity contribution in [1.29, 1.82) is 10.7 Å². The number of nitrogens with zero attached hydrogens (tertiary/aromatic N) is 2. The van der Waals surface area contributed by atoms with Crippen molar-refractivity contribution in [1.82, 2.24) is 4.98 Å². The molecule has 0 aromatic carbocycles. The van der Waals surface area contributed by atoms with Crippen molar-refractivity contribution in [3.63, 3.8) is 0 Å². The highest BCUT2D eigenvalue weighted by atomic mass is 16.6. The molecule has 0 radical (unpaired) electrons. The molecule has 10 heteroatoms. The van der Waals surface area contributed by atoms with E-state index in [2.05, 4.69) is 9.98 Å². The van der Waals surface area contributed by atoms with Gasteiger partial charge in [-0.05, 0) is 25.0 Å². The number of aliphatic hydroxyl groups excluding tert-OH is 2. The van der Waals surface area contributed by atoms with E-state index >= 15 is 0 Å². The van der Waals surface area contributed by atoms with Crippen LogP contribution in [0.4, 0.5) is 0 Å². The molecule has 1 aliphatic heterocycles. The van der Waals surface area contributed by atoms with E-state index in [1.165, 1.54) is 12.1 Å². The number of H-pyrrole nitrogens is 1. The van der Waals surface area contributed by atoms with Crippen LogP contribution in [0.25, 0.3) is 0 Å². The molecule has 1 aliphatic rings. The number of nitrogens with two attached hydrogens (primary N) is 1. The molecule has 2 heterocycles. The van der Waals surface area contributed by atoms with Crippen molar-refractivity contribution in [3.8, 4) is 6.07 Å². The van der Waals surface area contributed by atoms with Crippen molar-refractivity contribution in [3.05, 3.63) is 23.5 Å². The first-order valence-corrected chi connectivity index (χ1v) is 8.98. The number of amidine groups is 1. The summed E-state index contributed by atoms with van der Waals surface area (Å²) in [7, 11) is 0. The molecule has 0 saturated carbocycles. The Morgan fingerprint density at radius 1 is 1.57 bits per heavy atom. The van der Waals surface area contributed by atoms with Gasteiger partial charge in [0.1, 0.15) is 30.5 Å². The summed E-state index contributed by atoms with van der Waals surface area (Å²) in [5.41, 5.74) is 4.31. The molecule has 152 valence electrons. The highest BCUT2D eigenvalue weighted by Gasteiger charge is 2.59. The molecule has 0 unspecified atom stereocenters. The molecule has 28 heavy (non-hydrogen) atoms. The number of rotatable bonds is 8. The summed E-state index contributed by atoms with van der Waals surface area (Å²) in [5, 5.41) is 37.2. The quantitative estimate of drug-likeness (QED) is 0.238. The van der Waals surface area contributed by atoms with E-state index in [-0.39, 0.29) is 17.4 Å². The average molecular weight is 391 g/mol. The number of aromatic nitrogens is 1. The van der Waals surface area contributed by atoms with Crippen molar-refractivity contribution in [2.75, 3.05) is 6.61 Å². The van der Waals surface area contributed by atoms with Crippen LogP contribution in [0.15, 0.2) is 17.1 Å². The number of aliphatic imine (C=N–C) groups is 1. The van der Waals surface area contributed by atoms with Crippen LogP contribution in [0, 0.1) is 22.7 Å². The third-order valence-electron chi connectivity index (χ3n) is 4.91. The number of ether oxygens (including phenoxy) is 2. The minimum absolute atomic E-state index is 0.0113. The van der Waals surface area contributed by atoms with Crippen LogP contribution in [-0.4, -0.2) is 58.3 Å². The van der Waals surface area contributed by atoms with Crippen LogP contribution in [0.1, 0.15) is 38.1 Å². The van der Waals surface area contributed by atoms with E-state index in [0.29, 0.717) is 18.5 Å². The predicted octanol–water partition coefficient (Wildman–Crippen LogP) is 0.146. The molecule has 4 atom stereocenters. The smallest absolute Gasteiger partial charge is 0.309 e. The van der Waals surface area contributed by atoms with Gasteiger partial charge >= 0.3 is 5.97 Å². The Labute approximate surface area is 162 Å². The van der Waals surface area contributed by atoms with Crippen LogP contribution in [-0.2, 0) is 19.9 Å². The third kappa shape index (κ3) is 3.77. The summed E-state index contributed by atoms with van der Waals surface area (Å²) in [6.45, 7) is 3.15. The van der Waals surface area contributed by atoms with Crippen LogP contribution in [0.3, 0.4) is 0 Å². The van der Waals surface area contributed by atoms with Crippen molar-refractivity contribution < 1.29 is 24.5 Å². The number of aromatic amines is 1. The molecule has 1 saturated heterocycles. The molecule has 0 aliphatic carbocycles. The van der Waals surface area contributed by atoms with Crippen LogP contribution < -0.4 is 5.73 Å². The SMILES string of the molecule is CCC(CC)C(=O)O[C@H]1[C@@H](O)[C@](C#N)(c2ccc(C(N)=NC=N)[nH]2)O[C@@H]1CO.